The first kappa shape index (κ1) is 13.5. The molecule has 0 bridgehead atoms. The van der Waals surface area contributed by atoms with Crippen molar-refractivity contribution in [3.8, 4) is 0 Å². The first-order valence-electron chi connectivity index (χ1n) is 7.15. The SMILES string of the molecule is CC(C)c1ccc(C(=O)c2ccc3ccccc3n2)cc1. The summed E-state index contributed by atoms with van der Waals surface area (Å²) in [6, 6.07) is 19.3. The second kappa shape index (κ2) is 5.49. The van der Waals surface area contributed by atoms with Crippen LogP contribution in [-0.2, 0) is 0 Å². The number of rotatable bonds is 3. The summed E-state index contributed by atoms with van der Waals surface area (Å²) in [5.41, 5.74) is 3.26. The van der Waals surface area contributed by atoms with Gasteiger partial charge in [-0.15, -0.1) is 0 Å². The predicted octanol–water partition coefficient (Wildman–Crippen LogP) is 4.59. The van der Waals surface area contributed by atoms with E-state index in [4.69, 9.17) is 0 Å². The van der Waals surface area contributed by atoms with E-state index in [0.717, 1.165) is 10.9 Å². The van der Waals surface area contributed by atoms with Crippen molar-refractivity contribution >= 4 is 16.7 Å². The summed E-state index contributed by atoms with van der Waals surface area (Å²) in [5.74, 6) is 0.434. The molecule has 0 atom stereocenters. The normalized spacial score (nSPS) is 11.0. The van der Waals surface area contributed by atoms with E-state index in [1.807, 2.05) is 54.6 Å². The Morgan fingerprint density at radius 3 is 2.33 bits per heavy atom. The average molecular weight is 275 g/mol. The van der Waals surface area contributed by atoms with Crippen molar-refractivity contribution in [2.75, 3.05) is 0 Å². The zero-order valence-corrected chi connectivity index (χ0v) is 12.2. The lowest BCUT2D eigenvalue weighted by molar-refractivity contribution is 0.103. The number of hydrogen-bond acceptors (Lipinski definition) is 2. The van der Waals surface area contributed by atoms with Crippen molar-refractivity contribution in [2.45, 2.75) is 19.8 Å². The van der Waals surface area contributed by atoms with Crippen LogP contribution in [0.15, 0.2) is 60.7 Å². The molecule has 1 heterocycles. The number of fused-ring (bicyclic) bond motifs is 1. The maximum Gasteiger partial charge on any atom is 0.211 e. The maximum absolute atomic E-state index is 12.5. The van der Waals surface area contributed by atoms with Gasteiger partial charge in [-0.1, -0.05) is 62.4 Å². The molecule has 2 aromatic carbocycles. The van der Waals surface area contributed by atoms with Gasteiger partial charge in [0, 0.05) is 10.9 Å². The Hall–Kier alpha value is -2.48. The van der Waals surface area contributed by atoms with Crippen LogP contribution in [0, 0.1) is 0 Å². The van der Waals surface area contributed by atoms with Gasteiger partial charge in [0.05, 0.1) is 5.52 Å². The summed E-state index contributed by atoms with van der Waals surface area (Å²) >= 11 is 0. The highest BCUT2D eigenvalue weighted by molar-refractivity contribution is 6.08. The molecule has 21 heavy (non-hydrogen) atoms. The smallest absolute Gasteiger partial charge is 0.211 e. The van der Waals surface area contributed by atoms with E-state index in [1.165, 1.54) is 5.56 Å². The van der Waals surface area contributed by atoms with Crippen molar-refractivity contribution in [1.82, 2.24) is 4.98 Å². The molecule has 0 N–H and O–H groups in total. The first-order valence-corrected chi connectivity index (χ1v) is 7.15. The molecule has 104 valence electrons. The van der Waals surface area contributed by atoms with Gasteiger partial charge in [0.25, 0.3) is 0 Å². The van der Waals surface area contributed by atoms with Crippen molar-refractivity contribution in [1.29, 1.82) is 0 Å². The van der Waals surface area contributed by atoms with Crippen LogP contribution in [0.4, 0.5) is 0 Å². The van der Waals surface area contributed by atoms with Crippen LogP contribution in [-0.4, -0.2) is 10.8 Å². The molecule has 2 heteroatoms. The summed E-state index contributed by atoms with van der Waals surface area (Å²) in [4.78, 5) is 17.0. The molecular formula is C19H17NO. The van der Waals surface area contributed by atoms with Gasteiger partial charge in [-0.2, -0.15) is 0 Å². The summed E-state index contributed by atoms with van der Waals surface area (Å²) < 4.78 is 0. The van der Waals surface area contributed by atoms with E-state index in [0.29, 0.717) is 17.2 Å². The standard InChI is InChI=1S/C19H17NO/c1-13(2)14-7-9-16(10-8-14)19(21)18-12-11-15-5-3-4-6-17(15)20-18/h3-13H,1-2H3. The van der Waals surface area contributed by atoms with Crippen molar-refractivity contribution in [3.05, 3.63) is 77.5 Å². The Labute approximate surface area is 124 Å². The third-order valence-electron chi connectivity index (χ3n) is 3.67. The van der Waals surface area contributed by atoms with Gasteiger partial charge in [-0.3, -0.25) is 4.79 Å². The van der Waals surface area contributed by atoms with E-state index >= 15 is 0 Å². The fraction of sp³-hybridized carbons (Fsp3) is 0.158. The van der Waals surface area contributed by atoms with E-state index in [-0.39, 0.29) is 5.78 Å². The molecule has 0 fully saturated rings. The molecule has 3 rings (SSSR count). The topological polar surface area (TPSA) is 30.0 Å². The molecule has 0 aliphatic rings. The molecule has 0 aliphatic heterocycles. The number of nitrogens with zero attached hydrogens (tertiary/aromatic N) is 1. The first-order chi connectivity index (χ1) is 10.1. The number of aromatic nitrogens is 1. The monoisotopic (exact) mass is 275 g/mol. The van der Waals surface area contributed by atoms with Crippen LogP contribution in [0.5, 0.6) is 0 Å². The zero-order valence-electron chi connectivity index (χ0n) is 12.2. The van der Waals surface area contributed by atoms with Gasteiger partial charge in [0.15, 0.2) is 0 Å². The lowest BCUT2D eigenvalue weighted by Gasteiger charge is -2.06. The Morgan fingerprint density at radius 2 is 1.62 bits per heavy atom. The van der Waals surface area contributed by atoms with Crippen LogP contribution in [0.2, 0.25) is 0 Å². The van der Waals surface area contributed by atoms with E-state index in [2.05, 4.69) is 18.8 Å². The number of carbonyl (C=O) groups excluding carboxylic acids is 1. The molecule has 3 aromatic rings. The second-order valence-electron chi connectivity index (χ2n) is 5.50. The number of ketones is 1. The molecular weight excluding hydrogens is 258 g/mol. The number of para-hydroxylation sites is 1. The highest BCUT2D eigenvalue weighted by Crippen LogP contribution is 2.18. The van der Waals surface area contributed by atoms with Crippen LogP contribution >= 0.6 is 0 Å². The van der Waals surface area contributed by atoms with E-state index in [1.54, 1.807) is 6.07 Å². The van der Waals surface area contributed by atoms with Gasteiger partial charge in [-0.25, -0.2) is 4.98 Å². The molecule has 0 amide bonds. The lowest BCUT2D eigenvalue weighted by atomic mass is 9.99. The molecule has 0 saturated heterocycles. The van der Waals surface area contributed by atoms with Crippen LogP contribution < -0.4 is 0 Å². The average Bonchev–Trinajstić information content (AvgIpc) is 2.54. The van der Waals surface area contributed by atoms with Crippen LogP contribution in [0.3, 0.4) is 0 Å². The lowest BCUT2D eigenvalue weighted by Crippen LogP contribution is -2.04. The number of pyridine rings is 1. The van der Waals surface area contributed by atoms with Gasteiger partial charge < -0.3 is 0 Å². The summed E-state index contributed by atoms with van der Waals surface area (Å²) in [6.07, 6.45) is 0. The molecule has 2 nitrogen and oxygen atoms in total. The minimum atomic E-state index is -0.0314. The van der Waals surface area contributed by atoms with Crippen LogP contribution in [0.1, 0.15) is 41.4 Å². The van der Waals surface area contributed by atoms with Crippen LogP contribution in [0.25, 0.3) is 10.9 Å². The minimum Gasteiger partial charge on any atom is -0.287 e. The molecule has 0 aliphatic carbocycles. The molecule has 0 spiro atoms. The molecule has 0 radical (unpaired) electrons. The van der Waals surface area contributed by atoms with Crippen molar-refractivity contribution < 1.29 is 4.79 Å². The fourth-order valence-electron chi connectivity index (χ4n) is 2.36. The minimum absolute atomic E-state index is 0.0314. The summed E-state index contributed by atoms with van der Waals surface area (Å²) in [5, 5.41) is 1.05. The molecule has 0 saturated carbocycles. The highest BCUT2D eigenvalue weighted by atomic mass is 16.1. The second-order valence-corrected chi connectivity index (χ2v) is 5.50. The van der Waals surface area contributed by atoms with Gasteiger partial charge in [-0.05, 0) is 23.6 Å². The van der Waals surface area contributed by atoms with Crippen molar-refractivity contribution in [3.63, 3.8) is 0 Å². The van der Waals surface area contributed by atoms with Crippen molar-refractivity contribution in [2.24, 2.45) is 0 Å². The summed E-state index contributed by atoms with van der Waals surface area (Å²) in [7, 11) is 0. The zero-order chi connectivity index (χ0) is 14.8. The van der Waals surface area contributed by atoms with E-state index in [9.17, 15) is 4.79 Å². The third-order valence-corrected chi connectivity index (χ3v) is 3.67. The number of hydrogen-bond donors (Lipinski definition) is 0. The van der Waals surface area contributed by atoms with E-state index < -0.39 is 0 Å². The summed E-state index contributed by atoms with van der Waals surface area (Å²) in [6.45, 7) is 4.28. The molecule has 0 unspecified atom stereocenters. The quantitative estimate of drug-likeness (QED) is 0.654. The Morgan fingerprint density at radius 1 is 0.905 bits per heavy atom. The Bertz CT molecular complexity index is 788. The fourth-order valence-corrected chi connectivity index (χ4v) is 2.36. The Kier molecular flexibility index (Phi) is 3.53. The molecule has 1 aromatic heterocycles. The highest BCUT2D eigenvalue weighted by Gasteiger charge is 2.11. The Balaban J connectivity index is 1.95. The number of benzene rings is 2. The van der Waals surface area contributed by atoms with Gasteiger partial charge in [0.1, 0.15) is 5.69 Å². The third kappa shape index (κ3) is 2.70. The largest absolute Gasteiger partial charge is 0.287 e. The number of carbonyl (C=O) groups is 1. The van der Waals surface area contributed by atoms with Gasteiger partial charge >= 0.3 is 0 Å². The predicted molar refractivity (Wildman–Crippen MR) is 85.7 cm³/mol. The maximum atomic E-state index is 12.5. The van der Waals surface area contributed by atoms with Gasteiger partial charge in [0.2, 0.25) is 5.78 Å².